The fraction of sp³-hybridized carbons (Fsp3) is 0.286. The summed E-state index contributed by atoms with van der Waals surface area (Å²) in [5, 5.41) is 3.27. The van der Waals surface area contributed by atoms with Gasteiger partial charge in [0.1, 0.15) is 0 Å². The van der Waals surface area contributed by atoms with Gasteiger partial charge in [0.2, 0.25) is 6.43 Å². The van der Waals surface area contributed by atoms with Crippen LogP contribution in [-0.2, 0) is 0 Å². The predicted octanol–water partition coefficient (Wildman–Crippen LogP) is 2.59. The van der Waals surface area contributed by atoms with E-state index in [9.17, 15) is 13.6 Å². The van der Waals surface area contributed by atoms with Crippen LogP contribution < -0.4 is 0 Å². The highest BCUT2D eigenvalue weighted by molar-refractivity contribution is 7.08. The van der Waals surface area contributed by atoms with Crippen LogP contribution in [0.2, 0.25) is 0 Å². The van der Waals surface area contributed by atoms with E-state index in [4.69, 9.17) is 0 Å². The van der Waals surface area contributed by atoms with Crippen molar-refractivity contribution in [3.05, 3.63) is 22.4 Å². The van der Waals surface area contributed by atoms with Crippen molar-refractivity contribution >= 4 is 17.1 Å². The molecule has 0 fully saturated rings. The van der Waals surface area contributed by atoms with E-state index in [0.29, 0.717) is 5.56 Å². The third-order valence-electron chi connectivity index (χ3n) is 1.18. The van der Waals surface area contributed by atoms with Crippen molar-refractivity contribution in [1.82, 2.24) is 0 Å². The first-order valence-corrected chi connectivity index (χ1v) is 3.98. The molecule has 1 heterocycles. The Kier molecular flexibility index (Phi) is 2.70. The SMILES string of the molecule is O=C(CC(F)F)c1ccsc1. The minimum Gasteiger partial charge on any atom is -0.294 e. The largest absolute Gasteiger partial charge is 0.294 e. The molecule has 0 spiro atoms. The van der Waals surface area contributed by atoms with Gasteiger partial charge in [0.15, 0.2) is 5.78 Å². The fourth-order valence-electron chi connectivity index (χ4n) is 0.681. The highest BCUT2D eigenvalue weighted by Crippen LogP contribution is 2.11. The lowest BCUT2D eigenvalue weighted by atomic mass is 10.2. The van der Waals surface area contributed by atoms with Gasteiger partial charge in [-0.1, -0.05) is 0 Å². The average molecular weight is 176 g/mol. The van der Waals surface area contributed by atoms with Gasteiger partial charge in [0, 0.05) is 10.9 Å². The fourth-order valence-corrected chi connectivity index (χ4v) is 1.34. The predicted molar refractivity (Wildman–Crippen MR) is 39.3 cm³/mol. The molecule has 0 saturated carbocycles. The van der Waals surface area contributed by atoms with Crippen LogP contribution in [0.1, 0.15) is 16.8 Å². The van der Waals surface area contributed by atoms with Gasteiger partial charge in [0.25, 0.3) is 0 Å². The lowest BCUT2D eigenvalue weighted by molar-refractivity contribution is 0.0830. The molecule has 0 aliphatic carbocycles. The van der Waals surface area contributed by atoms with Crippen molar-refractivity contribution in [3.63, 3.8) is 0 Å². The zero-order valence-electron chi connectivity index (χ0n) is 5.59. The number of Topliss-reactive ketones (excluding diaryl/α,β-unsaturated/α-hetero) is 1. The van der Waals surface area contributed by atoms with Gasteiger partial charge in [-0.3, -0.25) is 4.79 Å². The van der Waals surface area contributed by atoms with E-state index >= 15 is 0 Å². The van der Waals surface area contributed by atoms with E-state index < -0.39 is 18.6 Å². The van der Waals surface area contributed by atoms with Crippen molar-refractivity contribution in [1.29, 1.82) is 0 Å². The Morgan fingerprint density at radius 2 is 2.36 bits per heavy atom. The summed E-state index contributed by atoms with van der Waals surface area (Å²) in [6, 6.07) is 1.55. The van der Waals surface area contributed by atoms with Gasteiger partial charge in [-0.2, -0.15) is 11.3 Å². The van der Waals surface area contributed by atoms with Gasteiger partial charge in [-0.15, -0.1) is 0 Å². The Hall–Kier alpha value is -0.770. The molecule has 0 bridgehead atoms. The van der Waals surface area contributed by atoms with E-state index in [1.165, 1.54) is 11.3 Å². The summed E-state index contributed by atoms with van der Waals surface area (Å²) in [4.78, 5) is 10.8. The second kappa shape index (κ2) is 3.57. The molecule has 4 heteroatoms. The summed E-state index contributed by atoms with van der Waals surface area (Å²) < 4.78 is 23.3. The Balaban J connectivity index is 2.57. The highest BCUT2D eigenvalue weighted by Gasteiger charge is 2.12. The van der Waals surface area contributed by atoms with Crippen molar-refractivity contribution in [2.24, 2.45) is 0 Å². The van der Waals surface area contributed by atoms with Crippen LogP contribution >= 0.6 is 11.3 Å². The van der Waals surface area contributed by atoms with Crippen LogP contribution in [0.3, 0.4) is 0 Å². The first-order valence-electron chi connectivity index (χ1n) is 3.03. The summed E-state index contributed by atoms with van der Waals surface area (Å²) in [6.07, 6.45) is -3.21. The lowest BCUT2D eigenvalue weighted by Crippen LogP contribution is -2.03. The first kappa shape index (κ1) is 8.33. The molecule has 60 valence electrons. The summed E-state index contributed by atoms with van der Waals surface area (Å²) in [5.74, 6) is -0.485. The highest BCUT2D eigenvalue weighted by atomic mass is 32.1. The molecule has 11 heavy (non-hydrogen) atoms. The topological polar surface area (TPSA) is 17.1 Å². The number of rotatable bonds is 3. The summed E-state index contributed by atoms with van der Waals surface area (Å²) in [6.45, 7) is 0. The standard InChI is InChI=1S/C7H6F2OS/c8-7(9)3-6(10)5-1-2-11-4-5/h1-2,4,7H,3H2. The number of carbonyl (C=O) groups excluding carboxylic acids is 1. The van der Waals surface area contributed by atoms with Crippen molar-refractivity contribution in [2.45, 2.75) is 12.8 Å². The lowest BCUT2D eigenvalue weighted by Gasteiger charge is -1.94. The third kappa shape index (κ3) is 2.38. The number of hydrogen-bond donors (Lipinski definition) is 0. The molecule has 0 amide bonds. The number of halogens is 2. The summed E-state index contributed by atoms with van der Waals surface area (Å²) in [5.41, 5.74) is 0.385. The van der Waals surface area contributed by atoms with Gasteiger partial charge in [-0.05, 0) is 11.4 Å². The van der Waals surface area contributed by atoms with Gasteiger partial charge in [0.05, 0.1) is 6.42 Å². The Labute approximate surface area is 66.7 Å². The third-order valence-corrected chi connectivity index (χ3v) is 1.87. The maximum absolute atomic E-state index is 11.7. The zero-order valence-corrected chi connectivity index (χ0v) is 6.41. The molecular formula is C7H6F2OS. The van der Waals surface area contributed by atoms with E-state index in [1.807, 2.05) is 0 Å². The molecule has 1 rings (SSSR count). The van der Waals surface area contributed by atoms with Crippen LogP contribution in [0.25, 0.3) is 0 Å². The van der Waals surface area contributed by atoms with Gasteiger partial charge < -0.3 is 0 Å². The van der Waals surface area contributed by atoms with Crippen LogP contribution in [0.4, 0.5) is 8.78 Å². The molecule has 0 radical (unpaired) electrons. The summed E-state index contributed by atoms with van der Waals surface area (Å²) >= 11 is 1.33. The van der Waals surface area contributed by atoms with Crippen molar-refractivity contribution in [3.8, 4) is 0 Å². The van der Waals surface area contributed by atoms with E-state index in [-0.39, 0.29) is 0 Å². The second-order valence-electron chi connectivity index (χ2n) is 2.03. The Morgan fingerprint density at radius 3 is 2.82 bits per heavy atom. The monoisotopic (exact) mass is 176 g/mol. The van der Waals surface area contributed by atoms with E-state index in [0.717, 1.165) is 0 Å². The minimum atomic E-state index is -2.54. The maximum atomic E-state index is 11.7. The molecule has 0 aromatic carbocycles. The number of alkyl halides is 2. The minimum absolute atomic E-state index is 0.385. The molecule has 1 aromatic heterocycles. The first-order chi connectivity index (χ1) is 5.20. The Morgan fingerprint density at radius 1 is 1.64 bits per heavy atom. The molecule has 0 aliphatic rings. The molecule has 0 unspecified atom stereocenters. The smallest absolute Gasteiger partial charge is 0.245 e. The average Bonchev–Trinajstić information content (AvgIpc) is 2.35. The van der Waals surface area contributed by atoms with E-state index in [2.05, 4.69) is 0 Å². The van der Waals surface area contributed by atoms with Crippen molar-refractivity contribution in [2.75, 3.05) is 0 Å². The number of thiophene rings is 1. The van der Waals surface area contributed by atoms with E-state index in [1.54, 1.807) is 16.8 Å². The zero-order chi connectivity index (χ0) is 8.27. The van der Waals surface area contributed by atoms with Crippen LogP contribution in [0.15, 0.2) is 16.8 Å². The Bertz CT molecular complexity index is 231. The molecule has 0 N–H and O–H groups in total. The molecule has 1 aromatic rings. The molecule has 0 saturated heterocycles. The number of ketones is 1. The van der Waals surface area contributed by atoms with Crippen LogP contribution in [0.5, 0.6) is 0 Å². The molecule has 0 atom stereocenters. The number of hydrogen-bond acceptors (Lipinski definition) is 2. The number of carbonyl (C=O) groups is 1. The van der Waals surface area contributed by atoms with Crippen molar-refractivity contribution < 1.29 is 13.6 Å². The molecule has 0 aliphatic heterocycles. The van der Waals surface area contributed by atoms with Crippen LogP contribution in [-0.4, -0.2) is 12.2 Å². The normalized spacial score (nSPS) is 10.5. The van der Waals surface area contributed by atoms with Gasteiger partial charge >= 0.3 is 0 Å². The molecule has 1 nitrogen and oxygen atoms in total. The van der Waals surface area contributed by atoms with Gasteiger partial charge in [-0.25, -0.2) is 8.78 Å². The van der Waals surface area contributed by atoms with Crippen LogP contribution in [0, 0.1) is 0 Å². The quantitative estimate of drug-likeness (QED) is 0.647. The molecular weight excluding hydrogens is 170 g/mol. The second-order valence-corrected chi connectivity index (χ2v) is 2.81. The summed E-state index contributed by atoms with van der Waals surface area (Å²) in [7, 11) is 0. The maximum Gasteiger partial charge on any atom is 0.245 e.